The Kier molecular flexibility index (Phi) is 19.5. The van der Waals surface area contributed by atoms with Crippen molar-refractivity contribution in [3.63, 3.8) is 0 Å². The SMILES string of the molecule is O=S(=O)([O-])c1ccc(-c2cnn(-c3ccc(/C=C/c4ccc(-n5ncc(-c6ccc(S(=O)(=O)[O-])cc6)n5)cc4S(=O)(=O)[O-])c(SOO[O-])c3)n2)cc1.[Na+].[Na+].[Na+].[Na+]. The van der Waals surface area contributed by atoms with Crippen molar-refractivity contribution in [1.29, 1.82) is 0 Å². The van der Waals surface area contributed by atoms with E-state index in [0.29, 0.717) is 40.1 Å². The number of hydrogen-bond acceptors (Lipinski definition) is 17. The van der Waals surface area contributed by atoms with E-state index < -0.39 is 45.0 Å². The van der Waals surface area contributed by atoms with Crippen LogP contribution in [0.5, 0.6) is 0 Å². The Labute approximate surface area is 412 Å². The van der Waals surface area contributed by atoms with Crippen LogP contribution >= 0.6 is 12.0 Å². The van der Waals surface area contributed by atoms with Crippen LogP contribution in [0.25, 0.3) is 46.0 Å². The first kappa shape index (κ1) is 51.0. The summed E-state index contributed by atoms with van der Waals surface area (Å²) < 4.78 is 109. The van der Waals surface area contributed by atoms with Gasteiger partial charge in [-0.15, -0.1) is 10.2 Å². The maximum absolute atomic E-state index is 12.3. The molecular formula is C30H18N6Na4O12S4. The Hall–Kier alpha value is -1.14. The van der Waals surface area contributed by atoms with Gasteiger partial charge in [0.2, 0.25) is 0 Å². The van der Waals surface area contributed by atoms with Crippen LogP contribution in [0.1, 0.15) is 11.1 Å². The van der Waals surface area contributed by atoms with E-state index in [2.05, 4.69) is 29.8 Å². The molecule has 0 amide bonds. The molecule has 0 N–H and O–H groups in total. The molecule has 6 aromatic rings. The van der Waals surface area contributed by atoms with Crippen molar-refractivity contribution < 1.29 is 172 Å². The zero-order valence-corrected chi connectivity index (χ0v) is 40.9. The number of benzene rings is 4. The Balaban J connectivity index is 0.00000271. The molecule has 0 spiro atoms. The average Bonchev–Trinajstić information content (AvgIpc) is 3.80. The third-order valence-corrected chi connectivity index (χ3v) is 10.4. The van der Waals surface area contributed by atoms with Crippen molar-refractivity contribution in [3.8, 4) is 33.9 Å². The van der Waals surface area contributed by atoms with Crippen molar-refractivity contribution in [2.24, 2.45) is 0 Å². The predicted molar refractivity (Wildman–Crippen MR) is 174 cm³/mol. The molecule has 18 nitrogen and oxygen atoms in total. The first-order valence-corrected chi connectivity index (χ1v) is 19.1. The molecule has 0 aliphatic heterocycles. The molecule has 4 aromatic carbocycles. The largest absolute Gasteiger partial charge is 1.00 e. The summed E-state index contributed by atoms with van der Waals surface area (Å²) in [6.45, 7) is 0. The molecule has 0 aliphatic rings. The van der Waals surface area contributed by atoms with Crippen LogP contribution in [0.15, 0.2) is 117 Å². The second-order valence-electron chi connectivity index (χ2n) is 10.4. The van der Waals surface area contributed by atoms with Gasteiger partial charge in [0.1, 0.15) is 41.7 Å². The summed E-state index contributed by atoms with van der Waals surface area (Å²) in [7, 11) is -14.3. The molecule has 0 saturated carbocycles. The van der Waals surface area contributed by atoms with E-state index in [0.717, 1.165) is 35.1 Å². The minimum Gasteiger partial charge on any atom is -0.744 e. The standard InChI is InChI=1S/C30H22N6O12S4.4Na/c37-47-48-49-29-15-23(35-31-17-27(33-35)19-5-11-25(12-6-19)50(38,39)40)9-3-21(29)1-2-22-4-10-24(16-30(22)52(44,45)46)36-32-18-28(34-36)20-7-13-26(14-8-20)51(41,42)43;;;;/h1-18,37H,(H,38,39,40)(H,41,42,43)(H,44,45,46);;;;/q;4*+1/p-4/b2-1+;;;;. The van der Waals surface area contributed by atoms with Crippen LogP contribution in [0.3, 0.4) is 0 Å². The van der Waals surface area contributed by atoms with Crippen LogP contribution in [0.4, 0.5) is 0 Å². The molecule has 0 bridgehead atoms. The quantitative estimate of drug-likeness (QED) is 0.0276. The van der Waals surface area contributed by atoms with Gasteiger partial charge in [-0.1, -0.05) is 48.6 Å². The third kappa shape index (κ3) is 12.7. The molecule has 0 fully saturated rings. The molecule has 268 valence electrons. The molecule has 6 rings (SSSR count). The van der Waals surface area contributed by atoms with Gasteiger partial charge in [-0.2, -0.15) is 24.1 Å². The normalized spacial score (nSPS) is 11.6. The third-order valence-electron chi connectivity index (χ3n) is 7.18. The van der Waals surface area contributed by atoms with Gasteiger partial charge in [0.25, 0.3) is 0 Å². The first-order valence-electron chi connectivity index (χ1n) is 14.1. The average molecular weight is 875 g/mol. The van der Waals surface area contributed by atoms with Crippen LogP contribution in [0.2, 0.25) is 0 Å². The van der Waals surface area contributed by atoms with Crippen molar-refractivity contribution in [1.82, 2.24) is 30.0 Å². The van der Waals surface area contributed by atoms with Gasteiger partial charge >= 0.3 is 118 Å². The second-order valence-corrected chi connectivity index (χ2v) is 15.3. The van der Waals surface area contributed by atoms with Gasteiger partial charge in [0.05, 0.1) is 50.5 Å². The molecule has 0 unspecified atom stereocenters. The van der Waals surface area contributed by atoms with E-state index >= 15 is 0 Å². The van der Waals surface area contributed by atoms with Crippen molar-refractivity contribution in [2.45, 2.75) is 19.6 Å². The molecule has 2 aromatic heterocycles. The molecule has 0 radical (unpaired) electrons. The molecule has 0 aliphatic carbocycles. The van der Waals surface area contributed by atoms with Crippen molar-refractivity contribution in [3.05, 3.63) is 108 Å². The zero-order valence-electron chi connectivity index (χ0n) is 29.6. The summed E-state index contributed by atoms with van der Waals surface area (Å²) in [5.74, 6) is 0. The van der Waals surface area contributed by atoms with Crippen LogP contribution < -0.4 is 123 Å². The molecule has 26 heteroatoms. The van der Waals surface area contributed by atoms with Crippen LogP contribution in [-0.4, -0.2) is 68.9 Å². The van der Waals surface area contributed by atoms with Gasteiger partial charge in [-0.3, -0.25) is 5.04 Å². The van der Waals surface area contributed by atoms with Gasteiger partial charge < -0.3 is 18.9 Å². The van der Waals surface area contributed by atoms with Gasteiger partial charge in [0, 0.05) is 16.0 Å². The Morgan fingerprint density at radius 1 is 0.571 bits per heavy atom. The summed E-state index contributed by atoms with van der Waals surface area (Å²) in [6.07, 6.45) is 5.51. The first-order chi connectivity index (χ1) is 24.6. The Morgan fingerprint density at radius 2 is 1.00 bits per heavy atom. The summed E-state index contributed by atoms with van der Waals surface area (Å²) in [5, 5.41) is 31.0. The maximum atomic E-state index is 12.3. The van der Waals surface area contributed by atoms with Gasteiger partial charge in [-0.05, 0) is 59.7 Å². The number of nitrogens with zero attached hydrogens (tertiary/aromatic N) is 6. The monoisotopic (exact) mass is 874 g/mol. The van der Waals surface area contributed by atoms with Gasteiger partial charge in [0.15, 0.2) is 0 Å². The summed E-state index contributed by atoms with van der Waals surface area (Å²) in [6, 6.07) is 18.5. The van der Waals surface area contributed by atoms with E-state index in [1.165, 1.54) is 71.8 Å². The Bertz CT molecular complexity index is 2660. The molecule has 0 atom stereocenters. The fourth-order valence-corrected chi connectivity index (χ4v) is 6.84. The summed E-state index contributed by atoms with van der Waals surface area (Å²) >= 11 is 0.523. The maximum Gasteiger partial charge on any atom is 1.00 e. The second kappa shape index (κ2) is 21.4. The van der Waals surface area contributed by atoms with Crippen molar-refractivity contribution in [2.75, 3.05) is 0 Å². The number of rotatable bonds is 12. The minimum atomic E-state index is -5.04. The van der Waals surface area contributed by atoms with Crippen LogP contribution in [-0.2, 0) is 39.7 Å². The van der Waals surface area contributed by atoms with Gasteiger partial charge in [-0.25, -0.2) is 25.3 Å². The zero-order chi connectivity index (χ0) is 37.3. The summed E-state index contributed by atoms with van der Waals surface area (Å²) in [4.78, 5) is 1.13. The smallest absolute Gasteiger partial charge is 0.744 e. The number of aromatic nitrogens is 6. The van der Waals surface area contributed by atoms with E-state index in [4.69, 9.17) is 0 Å². The Morgan fingerprint density at radius 3 is 1.43 bits per heavy atom. The van der Waals surface area contributed by atoms with E-state index in [9.17, 15) is 44.2 Å². The van der Waals surface area contributed by atoms with Crippen LogP contribution in [0, 0.1) is 0 Å². The minimum absolute atomic E-state index is 0. The van der Waals surface area contributed by atoms with E-state index in [1.54, 1.807) is 12.1 Å². The molecule has 56 heavy (non-hydrogen) atoms. The predicted octanol–water partition coefficient (Wildman–Crippen LogP) is -9.69. The number of hydrogen-bond donors (Lipinski definition) is 0. The molecular weight excluding hydrogens is 857 g/mol. The topological polar surface area (TPSA) is 275 Å². The fraction of sp³-hybridized carbons (Fsp3) is 0. The van der Waals surface area contributed by atoms with E-state index in [1.807, 2.05) is 0 Å². The fourth-order valence-electron chi connectivity index (χ4n) is 4.71. The van der Waals surface area contributed by atoms with Crippen molar-refractivity contribution >= 4 is 54.5 Å². The molecule has 2 heterocycles. The summed E-state index contributed by atoms with van der Waals surface area (Å²) in [5.41, 5.74) is 2.36. The van der Waals surface area contributed by atoms with E-state index in [-0.39, 0.29) is 140 Å². The molecule has 0 saturated heterocycles.